The van der Waals surface area contributed by atoms with Crippen molar-refractivity contribution in [3.05, 3.63) is 29.1 Å². The highest BCUT2D eigenvalue weighted by atomic mass is 16.5. The van der Waals surface area contributed by atoms with Gasteiger partial charge in [0.05, 0.1) is 12.3 Å². The van der Waals surface area contributed by atoms with E-state index >= 15 is 0 Å². The molecular weight excluding hydrogens is 236 g/mol. The fraction of sp³-hybridized carbons (Fsp3) is 0.688. The van der Waals surface area contributed by atoms with E-state index in [1.165, 1.54) is 17.0 Å². The Morgan fingerprint density at radius 1 is 1.42 bits per heavy atom. The number of aromatic nitrogens is 1. The lowest BCUT2D eigenvalue weighted by Gasteiger charge is -2.20. The maximum absolute atomic E-state index is 5.53. The van der Waals surface area contributed by atoms with Crippen LogP contribution in [0.5, 0.6) is 0 Å². The highest BCUT2D eigenvalue weighted by Gasteiger charge is 2.22. The minimum absolute atomic E-state index is 0.486. The van der Waals surface area contributed by atoms with Gasteiger partial charge in [0.25, 0.3) is 0 Å². The molecule has 1 aliphatic rings. The Balaban J connectivity index is 2.29. The maximum Gasteiger partial charge on any atom is 0.0582 e. The third kappa shape index (κ3) is 3.54. The van der Waals surface area contributed by atoms with E-state index in [4.69, 9.17) is 9.72 Å². The Morgan fingerprint density at radius 2 is 2.21 bits per heavy atom. The van der Waals surface area contributed by atoms with Crippen molar-refractivity contribution in [1.82, 2.24) is 9.88 Å². The maximum atomic E-state index is 5.53. The molecule has 1 fully saturated rings. The summed E-state index contributed by atoms with van der Waals surface area (Å²) in [7, 11) is 2.15. The van der Waals surface area contributed by atoms with Gasteiger partial charge in [0.15, 0.2) is 0 Å². The molecule has 0 aromatic carbocycles. The van der Waals surface area contributed by atoms with Gasteiger partial charge in [-0.2, -0.15) is 0 Å². The summed E-state index contributed by atoms with van der Waals surface area (Å²) in [6, 6.07) is 4.47. The molecule has 19 heavy (non-hydrogen) atoms. The van der Waals surface area contributed by atoms with Crippen LogP contribution in [0.25, 0.3) is 0 Å². The largest absolute Gasteiger partial charge is 0.381 e. The summed E-state index contributed by atoms with van der Waals surface area (Å²) in [6.45, 7) is 10.3. The molecular formula is C16H26N2O. The van der Waals surface area contributed by atoms with E-state index in [0.717, 1.165) is 32.7 Å². The highest BCUT2D eigenvalue weighted by Crippen LogP contribution is 2.29. The second-order valence-electron chi connectivity index (χ2n) is 5.82. The third-order valence-electron chi connectivity index (χ3n) is 3.95. The van der Waals surface area contributed by atoms with Crippen LogP contribution in [-0.2, 0) is 11.3 Å². The molecule has 106 valence electrons. The predicted molar refractivity (Wildman–Crippen MR) is 78.5 cm³/mol. The van der Waals surface area contributed by atoms with Crippen molar-refractivity contribution < 1.29 is 4.74 Å². The number of pyridine rings is 1. The normalized spacial score (nSPS) is 19.6. The minimum Gasteiger partial charge on any atom is -0.381 e. The van der Waals surface area contributed by atoms with Crippen LogP contribution in [0.15, 0.2) is 12.1 Å². The molecule has 3 heteroatoms. The van der Waals surface area contributed by atoms with Crippen LogP contribution in [0, 0.1) is 0 Å². The van der Waals surface area contributed by atoms with E-state index in [1.54, 1.807) is 0 Å². The van der Waals surface area contributed by atoms with Gasteiger partial charge in [-0.1, -0.05) is 26.8 Å². The van der Waals surface area contributed by atoms with Gasteiger partial charge in [-0.25, -0.2) is 0 Å². The van der Waals surface area contributed by atoms with Crippen LogP contribution in [-0.4, -0.2) is 36.7 Å². The van der Waals surface area contributed by atoms with Crippen LogP contribution < -0.4 is 0 Å². The van der Waals surface area contributed by atoms with Crippen molar-refractivity contribution in [3.8, 4) is 0 Å². The van der Waals surface area contributed by atoms with Gasteiger partial charge in [-0.15, -0.1) is 0 Å². The summed E-state index contributed by atoms with van der Waals surface area (Å²) in [4.78, 5) is 7.22. The summed E-state index contributed by atoms with van der Waals surface area (Å²) in [5.74, 6) is 1.02. The van der Waals surface area contributed by atoms with Crippen molar-refractivity contribution in [2.24, 2.45) is 0 Å². The lowest BCUT2D eigenvalue weighted by atomic mass is 9.95. The van der Waals surface area contributed by atoms with Gasteiger partial charge in [-0.3, -0.25) is 4.98 Å². The second kappa shape index (κ2) is 6.49. The standard InChI is InChI=1S/C16H26N2O/c1-5-18(4)10-16-14(13-8-9-19-11-13)6-7-15(17-16)12(2)3/h6-7,12-13H,5,8-11H2,1-4H3/t13-/m1/s1. The summed E-state index contributed by atoms with van der Waals surface area (Å²) in [6.07, 6.45) is 1.13. The quantitative estimate of drug-likeness (QED) is 0.815. The fourth-order valence-corrected chi connectivity index (χ4v) is 2.50. The monoisotopic (exact) mass is 262 g/mol. The molecule has 1 aromatic heterocycles. The molecule has 0 N–H and O–H groups in total. The van der Waals surface area contributed by atoms with E-state index in [2.05, 4.69) is 44.9 Å². The molecule has 1 aromatic rings. The smallest absolute Gasteiger partial charge is 0.0582 e. The average Bonchev–Trinajstić information content (AvgIpc) is 2.92. The van der Waals surface area contributed by atoms with Crippen LogP contribution in [0.4, 0.5) is 0 Å². The van der Waals surface area contributed by atoms with Crippen LogP contribution >= 0.6 is 0 Å². The molecule has 1 atom stereocenters. The Kier molecular flexibility index (Phi) is 4.94. The molecule has 1 aliphatic heterocycles. The zero-order chi connectivity index (χ0) is 13.8. The van der Waals surface area contributed by atoms with Crippen molar-refractivity contribution in [2.45, 2.75) is 45.6 Å². The van der Waals surface area contributed by atoms with E-state index in [9.17, 15) is 0 Å². The first-order valence-electron chi connectivity index (χ1n) is 7.37. The predicted octanol–water partition coefficient (Wildman–Crippen LogP) is 3.16. The van der Waals surface area contributed by atoms with Gasteiger partial charge in [0.1, 0.15) is 0 Å². The van der Waals surface area contributed by atoms with Gasteiger partial charge < -0.3 is 9.64 Å². The summed E-state index contributed by atoms with van der Waals surface area (Å²) >= 11 is 0. The van der Waals surface area contributed by atoms with Gasteiger partial charge in [-0.05, 0) is 37.6 Å². The van der Waals surface area contributed by atoms with E-state index in [1.807, 2.05) is 0 Å². The second-order valence-corrected chi connectivity index (χ2v) is 5.82. The zero-order valence-electron chi connectivity index (χ0n) is 12.6. The summed E-state index contributed by atoms with van der Waals surface area (Å²) in [5, 5.41) is 0. The molecule has 0 aliphatic carbocycles. The van der Waals surface area contributed by atoms with E-state index < -0.39 is 0 Å². The van der Waals surface area contributed by atoms with Crippen molar-refractivity contribution in [2.75, 3.05) is 26.8 Å². The molecule has 2 heterocycles. The Morgan fingerprint density at radius 3 is 2.79 bits per heavy atom. The van der Waals surface area contributed by atoms with Crippen molar-refractivity contribution in [3.63, 3.8) is 0 Å². The first kappa shape index (κ1) is 14.5. The topological polar surface area (TPSA) is 25.4 Å². The number of hydrogen-bond acceptors (Lipinski definition) is 3. The van der Waals surface area contributed by atoms with E-state index in [0.29, 0.717) is 11.8 Å². The molecule has 0 bridgehead atoms. The van der Waals surface area contributed by atoms with Crippen molar-refractivity contribution >= 4 is 0 Å². The zero-order valence-corrected chi connectivity index (χ0v) is 12.6. The molecule has 0 radical (unpaired) electrons. The molecule has 0 amide bonds. The third-order valence-corrected chi connectivity index (χ3v) is 3.95. The minimum atomic E-state index is 0.486. The lowest BCUT2D eigenvalue weighted by Crippen LogP contribution is -2.20. The highest BCUT2D eigenvalue weighted by molar-refractivity contribution is 5.28. The average molecular weight is 262 g/mol. The fourth-order valence-electron chi connectivity index (χ4n) is 2.50. The number of nitrogens with zero attached hydrogens (tertiary/aromatic N) is 2. The Bertz CT molecular complexity index is 411. The Hall–Kier alpha value is -0.930. The number of rotatable bonds is 5. The molecule has 1 saturated heterocycles. The summed E-state index contributed by atoms with van der Waals surface area (Å²) in [5.41, 5.74) is 3.83. The number of ether oxygens (including phenoxy) is 1. The van der Waals surface area contributed by atoms with Crippen LogP contribution in [0.1, 0.15) is 56.0 Å². The molecule has 0 unspecified atom stereocenters. The summed E-state index contributed by atoms with van der Waals surface area (Å²) < 4.78 is 5.53. The van der Waals surface area contributed by atoms with Crippen molar-refractivity contribution in [1.29, 1.82) is 0 Å². The van der Waals surface area contributed by atoms with Crippen LogP contribution in [0.2, 0.25) is 0 Å². The van der Waals surface area contributed by atoms with Gasteiger partial charge in [0, 0.05) is 24.8 Å². The molecule has 3 nitrogen and oxygen atoms in total. The van der Waals surface area contributed by atoms with Gasteiger partial charge >= 0.3 is 0 Å². The molecule has 0 saturated carbocycles. The molecule has 2 rings (SSSR count). The SMILES string of the molecule is CCN(C)Cc1nc(C(C)C)ccc1[C@@H]1CCOC1. The van der Waals surface area contributed by atoms with Gasteiger partial charge in [0.2, 0.25) is 0 Å². The molecule has 0 spiro atoms. The van der Waals surface area contributed by atoms with E-state index in [-0.39, 0.29) is 0 Å². The first-order valence-corrected chi connectivity index (χ1v) is 7.37. The van der Waals surface area contributed by atoms with Crippen LogP contribution in [0.3, 0.4) is 0 Å². The first-order chi connectivity index (χ1) is 9.11. The Labute approximate surface area is 117 Å². The number of hydrogen-bond donors (Lipinski definition) is 0. The lowest BCUT2D eigenvalue weighted by molar-refractivity contribution is 0.193.